The van der Waals surface area contributed by atoms with Crippen LogP contribution in [0.4, 0.5) is 0 Å². The Bertz CT molecular complexity index is 389. The molecule has 0 aromatic carbocycles. The average Bonchev–Trinajstić information content (AvgIpc) is 2.71. The molecule has 1 aromatic rings. The Morgan fingerprint density at radius 2 is 2.40 bits per heavy atom. The number of amides is 1. The molecule has 1 saturated heterocycles. The van der Waals surface area contributed by atoms with Gasteiger partial charge in [0.25, 0.3) is 5.91 Å². The lowest BCUT2D eigenvalue weighted by Crippen LogP contribution is -2.33. The lowest BCUT2D eigenvalue weighted by Gasteiger charge is -2.18. The Kier molecular flexibility index (Phi) is 2.87. The van der Waals surface area contributed by atoms with E-state index < -0.39 is 5.60 Å². The van der Waals surface area contributed by atoms with E-state index >= 15 is 0 Å². The number of carbonyl (C=O) groups is 1. The van der Waals surface area contributed by atoms with E-state index in [0.717, 1.165) is 8.66 Å². The van der Waals surface area contributed by atoms with Crippen LogP contribution in [-0.2, 0) is 0 Å². The molecule has 0 spiro atoms. The van der Waals surface area contributed by atoms with Crippen molar-refractivity contribution in [2.45, 2.75) is 18.9 Å². The fourth-order valence-corrected chi connectivity index (χ4v) is 3.06. The van der Waals surface area contributed by atoms with Gasteiger partial charge in [-0.05, 0) is 41.4 Å². The van der Waals surface area contributed by atoms with Gasteiger partial charge in [-0.15, -0.1) is 11.3 Å². The maximum absolute atomic E-state index is 12.0. The molecule has 1 atom stereocenters. The van der Waals surface area contributed by atoms with Gasteiger partial charge in [-0.2, -0.15) is 0 Å². The van der Waals surface area contributed by atoms with Crippen molar-refractivity contribution in [2.75, 3.05) is 13.1 Å². The van der Waals surface area contributed by atoms with Crippen LogP contribution >= 0.6 is 27.3 Å². The molecule has 0 bridgehead atoms. The molecule has 0 radical (unpaired) electrons. The van der Waals surface area contributed by atoms with Gasteiger partial charge in [-0.1, -0.05) is 0 Å². The molecule has 0 aliphatic carbocycles. The summed E-state index contributed by atoms with van der Waals surface area (Å²) in [6.07, 6.45) is 0.658. The van der Waals surface area contributed by atoms with Crippen molar-refractivity contribution < 1.29 is 9.90 Å². The van der Waals surface area contributed by atoms with Crippen LogP contribution < -0.4 is 0 Å². The maximum Gasteiger partial charge on any atom is 0.264 e. The van der Waals surface area contributed by atoms with Crippen molar-refractivity contribution in [1.82, 2.24) is 4.90 Å². The molecule has 2 heterocycles. The van der Waals surface area contributed by atoms with Crippen LogP contribution in [0.15, 0.2) is 15.9 Å². The van der Waals surface area contributed by atoms with Gasteiger partial charge in [0.2, 0.25) is 0 Å². The van der Waals surface area contributed by atoms with Gasteiger partial charge in [0, 0.05) is 13.1 Å². The number of hydrogen-bond donors (Lipinski definition) is 1. The van der Waals surface area contributed by atoms with E-state index in [-0.39, 0.29) is 5.91 Å². The summed E-state index contributed by atoms with van der Waals surface area (Å²) in [6.45, 7) is 2.84. The first kappa shape index (κ1) is 11.1. The minimum atomic E-state index is -0.718. The number of thiophene rings is 1. The second-order valence-corrected chi connectivity index (χ2v) is 6.54. The van der Waals surface area contributed by atoms with E-state index in [0.29, 0.717) is 19.5 Å². The van der Waals surface area contributed by atoms with Gasteiger partial charge < -0.3 is 10.0 Å². The molecule has 1 fully saturated rings. The van der Waals surface area contributed by atoms with Gasteiger partial charge in [0.1, 0.15) is 0 Å². The molecular formula is C10H12BrNO2S. The predicted molar refractivity (Wildman–Crippen MR) is 63.2 cm³/mol. The highest BCUT2D eigenvalue weighted by Gasteiger charge is 2.34. The average molecular weight is 290 g/mol. The Hall–Kier alpha value is -0.390. The standard InChI is InChI=1S/C10H12BrNO2S/c1-10(14)4-5-12(6-10)9(13)7-2-3-8(11)15-7/h2-3,14H,4-6H2,1H3. The third-order valence-electron chi connectivity index (χ3n) is 2.52. The van der Waals surface area contributed by atoms with Crippen LogP contribution in [0.25, 0.3) is 0 Å². The van der Waals surface area contributed by atoms with E-state index in [2.05, 4.69) is 15.9 Å². The maximum atomic E-state index is 12.0. The number of rotatable bonds is 1. The van der Waals surface area contributed by atoms with Crippen molar-refractivity contribution >= 4 is 33.2 Å². The van der Waals surface area contributed by atoms with Crippen molar-refractivity contribution in [3.63, 3.8) is 0 Å². The van der Waals surface area contributed by atoms with Crippen LogP contribution in [0.1, 0.15) is 23.0 Å². The lowest BCUT2D eigenvalue weighted by molar-refractivity contribution is 0.0575. The van der Waals surface area contributed by atoms with Crippen LogP contribution in [0.3, 0.4) is 0 Å². The largest absolute Gasteiger partial charge is 0.388 e. The zero-order valence-corrected chi connectivity index (χ0v) is 10.8. The Morgan fingerprint density at radius 1 is 1.67 bits per heavy atom. The van der Waals surface area contributed by atoms with Gasteiger partial charge in [0.15, 0.2) is 0 Å². The van der Waals surface area contributed by atoms with Gasteiger partial charge in [-0.3, -0.25) is 4.79 Å². The predicted octanol–water partition coefficient (Wildman–Crippen LogP) is 2.11. The third kappa shape index (κ3) is 2.41. The fourth-order valence-electron chi connectivity index (χ4n) is 1.70. The Morgan fingerprint density at radius 3 is 2.87 bits per heavy atom. The topological polar surface area (TPSA) is 40.5 Å². The highest BCUT2D eigenvalue weighted by atomic mass is 79.9. The molecule has 82 valence electrons. The fraction of sp³-hybridized carbons (Fsp3) is 0.500. The highest BCUT2D eigenvalue weighted by Crippen LogP contribution is 2.27. The lowest BCUT2D eigenvalue weighted by atomic mass is 10.1. The van der Waals surface area contributed by atoms with Crippen LogP contribution in [0, 0.1) is 0 Å². The van der Waals surface area contributed by atoms with Crippen molar-refractivity contribution in [1.29, 1.82) is 0 Å². The first-order chi connectivity index (χ1) is 6.98. The van der Waals surface area contributed by atoms with Gasteiger partial charge >= 0.3 is 0 Å². The van der Waals surface area contributed by atoms with Gasteiger partial charge in [0.05, 0.1) is 14.3 Å². The Labute approximate surface area is 101 Å². The molecule has 1 amide bonds. The number of carbonyl (C=O) groups excluding carboxylic acids is 1. The summed E-state index contributed by atoms with van der Waals surface area (Å²) >= 11 is 4.76. The number of hydrogen-bond acceptors (Lipinski definition) is 3. The summed E-state index contributed by atoms with van der Waals surface area (Å²) in [6, 6.07) is 3.68. The minimum absolute atomic E-state index is 0.0171. The molecule has 2 rings (SSSR count). The summed E-state index contributed by atoms with van der Waals surface area (Å²) in [7, 11) is 0. The normalized spacial score (nSPS) is 25.9. The number of nitrogens with zero attached hydrogens (tertiary/aromatic N) is 1. The molecule has 5 heteroatoms. The molecule has 1 unspecified atom stereocenters. The molecule has 0 saturated carbocycles. The van der Waals surface area contributed by atoms with E-state index in [9.17, 15) is 9.90 Å². The van der Waals surface area contributed by atoms with Crippen LogP contribution in [-0.4, -0.2) is 34.6 Å². The van der Waals surface area contributed by atoms with Gasteiger partial charge in [-0.25, -0.2) is 0 Å². The number of β-amino-alcohol motifs (C(OH)–C–C–N with tert-alkyl or cyclic N) is 1. The zero-order chi connectivity index (χ0) is 11.1. The van der Waals surface area contributed by atoms with Crippen molar-refractivity contribution in [2.24, 2.45) is 0 Å². The third-order valence-corrected chi connectivity index (χ3v) is 4.13. The first-order valence-electron chi connectivity index (χ1n) is 4.75. The molecular weight excluding hydrogens is 278 g/mol. The minimum Gasteiger partial charge on any atom is -0.388 e. The second kappa shape index (κ2) is 3.88. The highest BCUT2D eigenvalue weighted by molar-refractivity contribution is 9.11. The second-order valence-electron chi connectivity index (χ2n) is 4.08. The quantitative estimate of drug-likeness (QED) is 0.860. The van der Waals surface area contributed by atoms with E-state index in [1.165, 1.54) is 11.3 Å². The van der Waals surface area contributed by atoms with Crippen LogP contribution in [0.5, 0.6) is 0 Å². The molecule has 1 aromatic heterocycles. The summed E-state index contributed by atoms with van der Waals surface area (Å²) in [5.74, 6) is 0.0171. The smallest absolute Gasteiger partial charge is 0.264 e. The zero-order valence-electron chi connectivity index (χ0n) is 8.36. The van der Waals surface area contributed by atoms with Crippen LogP contribution in [0.2, 0.25) is 0 Å². The SMILES string of the molecule is CC1(O)CCN(C(=O)c2ccc(Br)s2)C1. The van der Waals surface area contributed by atoms with Crippen molar-refractivity contribution in [3.8, 4) is 0 Å². The number of likely N-dealkylation sites (tertiary alicyclic amines) is 1. The van der Waals surface area contributed by atoms with Crippen molar-refractivity contribution in [3.05, 3.63) is 20.8 Å². The number of aliphatic hydroxyl groups is 1. The summed E-state index contributed by atoms with van der Waals surface area (Å²) in [5.41, 5.74) is -0.718. The molecule has 15 heavy (non-hydrogen) atoms. The molecule has 3 nitrogen and oxygen atoms in total. The molecule has 1 N–H and O–H groups in total. The molecule has 1 aliphatic rings. The molecule has 1 aliphatic heterocycles. The van der Waals surface area contributed by atoms with E-state index in [1.807, 2.05) is 12.1 Å². The summed E-state index contributed by atoms with van der Waals surface area (Å²) < 4.78 is 0.955. The van der Waals surface area contributed by atoms with E-state index in [4.69, 9.17) is 0 Å². The summed E-state index contributed by atoms with van der Waals surface area (Å²) in [4.78, 5) is 14.4. The first-order valence-corrected chi connectivity index (χ1v) is 6.36. The summed E-state index contributed by atoms with van der Waals surface area (Å²) in [5, 5.41) is 9.77. The monoisotopic (exact) mass is 289 g/mol. The number of halogens is 1. The van der Waals surface area contributed by atoms with E-state index in [1.54, 1.807) is 11.8 Å². The Balaban J connectivity index is 2.10.